The Kier molecular flexibility index (Phi) is 20.0. The predicted molar refractivity (Wildman–Crippen MR) is 231 cm³/mol. The molecule has 0 radical (unpaired) electrons. The SMILES string of the molecule is N#Cc1ccc(C(=O)NN)cc1.[C-]#[N+]c1ccc(C[C@@H](C(=O)NNC(=O)c2ccc(C#N)cc2)[C@H](C)O)c(C=C)c1Cl.[C-]#[N+]c1ccc(C[C@@H](C(=O)O)[C@H](C)O)c(C=C)c1Cl. The summed E-state index contributed by atoms with van der Waals surface area (Å²) < 4.78 is 0. The van der Waals surface area contributed by atoms with Crippen molar-refractivity contribution >= 4 is 70.4 Å². The summed E-state index contributed by atoms with van der Waals surface area (Å²) in [6, 6.07) is 22.4. The molecule has 312 valence electrons. The van der Waals surface area contributed by atoms with Gasteiger partial charge in [-0.25, -0.2) is 15.5 Å². The molecule has 0 saturated carbocycles. The highest BCUT2D eigenvalue weighted by Gasteiger charge is 2.27. The number of aliphatic hydroxyl groups is 2. The summed E-state index contributed by atoms with van der Waals surface area (Å²) in [6.45, 7) is 24.3. The Morgan fingerprint density at radius 2 is 1.11 bits per heavy atom. The van der Waals surface area contributed by atoms with E-state index in [1.807, 2.05) is 17.6 Å². The minimum Gasteiger partial charge on any atom is -0.481 e. The molecule has 3 amide bonds. The van der Waals surface area contributed by atoms with E-state index in [9.17, 15) is 29.4 Å². The average molecular weight is 864 g/mol. The summed E-state index contributed by atoms with van der Waals surface area (Å²) in [6.07, 6.45) is 1.24. The summed E-state index contributed by atoms with van der Waals surface area (Å²) in [7, 11) is 0. The lowest BCUT2D eigenvalue weighted by Crippen LogP contribution is -2.47. The van der Waals surface area contributed by atoms with Gasteiger partial charge in [0.05, 0.1) is 70.5 Å². The van der Waals surface area contributed by atoms with Crippen molar-refractivity contribution in [1.29, 1.82) is 10.5 Å². The first-order chi connectivity index (χ1) is 29.0. The molecule has 0 aliphatic carbocycles. The van der Waals surface area contributed by atoms with Crippen molar-refractivity contribution < 1.29 is 34.5 Å². The highest BCUT2D eigenvalue weighted by molar-refractivity contribution is 6.35. The van der Waals surface area contributed by atoms with Gasteiger partial charge in [0, 0.05) is 11.1 Å². The third-order valence-corrected chi connectivity index (χ3v) is 9.62. The minimum atomic E-state index is -1.07. The third kappa shape index (κ3) is 14.2. The number of hydrogen-bond donors (Lipinski definition) is 7. The molecule has 0 saturated heterocycles. The molecule has 0 aliphatic rings. The Balaban J connectivity index is 0.000000351. The molecule has 4 aromatic carbocycles. The lowest BCUT2D eigenvalue weighted by atomic mass is 9.91. The van der Waals surface area contributed by atoms with Gasteiger partial charge >= 0.3 is 5.97 Å². The molecule has 8 N–H and O–H groups in total. The Labute approximate surface area is 362 Å². The van der Waals surface area contributed by atoms with Crippen molar-refractivity contribution in [3.05, 3.63) is 163 Å². The normalized spacial score (nSPS) is 11.8. The molecule has 0 unspecified atom stereocenters. The highest BCUT2D eigenvalue weighted by atomic mass is 35.5. The van der Waals surface area contributed by atoms with Gasteiger partial charge in [-0.1, -0.05) is 72.8 Å². The molecule has 4 aromatic rings. The highest BCUT2D eigenvalue weighted by Crippen LogP contribution is 2.34. The van der Waals surface area contributed by atoms with E-state index < -0.39 is 41.8 Å². The van der Waals surface area contributed by atoms with Crippen LogP contribution in [0.15, 0.2) is 86.0 Å². The average Bonchev–Trinajstić information content (AvgIpc) is 3.26. The van der Waals surface area contributed by atoms with Gasteiger partial charge in [0.15, 0.2) is 0 Å². The van der Waals surface area contributed by atoms with Crippen LogP contribution in [0.5, 0.6) is 0 Å². The number of aliphatic hydroxyl groups excluding tert-OH is 2. The van der Waals surface area contributed by atoms with Crippen LogP contribution in [0.3, 0.4) is 0 Å². The van der Waals surface area contributed by atoms with Crippen molar-refractivity contribution in [2.75, 3.05) is 0 Å². The van der Waals surface area contributed by atoms with Crippen molar-refractivity contribution in [1.82, 2.24) is 16.3 Å². The van der Waals surface area contributed by atoms with Crippen LogP contribution < -0.4 is 22.1 Å². The van der Waals surface area contributed by atoms with Crippen LogP contribution in [-0.2, 0) is 22.4 Å². The van der Waals surface area contributed by atoms with Gasteiger partial charge in [0.2, 0.25) is 17.3 Å². The fraction of sp³-hybridized carbons (Fsp3) is 0.182. The number of benzene rings is 4. The summed E-state index contributed by atoms with van der Waals surface area (Å²) in [5, 5.41) is 46.4. The van der Waals surface area contributed by atoms with Crippen molar-refractivity contribution in [2.45, 2.75) is 38.9 Å². The zero-order valence-electron chi connectivity index (χ0n) is 32.8. The molecular weight excluding hydrogens is 823 g/mol. The van der Waals surface area contributed by atoms with E-state index >= 15 is 0 Å². The van der Waals surface area contributed by atoms with Gasteiger partial charge < -0.3 is 15.3 Å². The number of hydrogen-bond acceptors (Lipinski definition) is 9. The number of amides is 3. The third-order valence-electron chi connectivity index (χ3n) is 8.83. The zero-order valence-corrected chi connectivity index (χ0v) is 34.3. The van der Waals surface area contributed by atoms with E-state index in [2.05, 4.69) is 33.7 Å². The van der Waals surface area contributed by atoms with E-state index in [1.165, 1.54) is 50.3 Å². The van der Waals surface area contributed by atoms with Gasteiger partial charge in [-0.05, 0) is 97.5 Å². The standard InChI is InChI=1S/C22H19ClN4O3.C14H14ClNO3.C8H7N3O/c1-4-17-16(9-10-19(25-3)20(17)23)11-18(13(2)28)22(30)27-26-21(29)15-7-5-14(12-24)6-8-15;1-4-10-9(5-6-12(16-3)13(10)15)7-11(8(2)17)14(18)19;9-5-6-1-3-7(4-2-6)8(12)11-10/h4-10,13,18,28H,1,11H2,2H3,(H,26,29)(H,27,30);4-6,8,11,17H,1,7H2,2H3,(H,18,19);1-4H,10H2,(H,11,12)/t13-,18+;8-,11+;/m00./s1. The molecule has 0 fully saturated rings. The molecule has 0 heterocycles. The first-order valence-corrected chi connectivity index (χ1v) is 18.6. The molecule has 61 heavy (non-hydrogen) atoms. The maximum absolute atomic E-state index is 12.6. The smallest absolute Gasteiger partial charge is 0.309 e. The van der Waals surface area contributed by atoms with E-state index in [-0.39, 0.29) is 40.0 Å². The number of carboxylic acids is 1. The molecular formula is C44H40Cl2N8O7. The predicted octanol–water partition coefficient (Wildman–Crippen LogP) is 6.73. The molecule has 0 aromatic heterocycles. The van der Waals surface area contributed by atoms with E-state index in [1.54, 1.807) is 48.5 Å². The Hall–Kier alpha value is -7.34. The first kappa shape index (κ1) is 49.8. The van der Waals surface area contributed by atoms with Crippen LogP contribution in [0.25, 0.3) is 21.8 Å². The largest absolute Gasteiger partial charge is 0.481 e. The van der Waals surface area contributed by atoms with Crippen LogP contribution >= 0.6 is 23.2 Å². The number of aliphatic carboxylic acids is 1. The molecule has 17 heteroatoms. The van der Waals surface area contributed by atoms with Gasteiger partial charge in [0.1, 0.15) is 0 Å². The topological polar surface area (TPSA) is 247 Å². The molecule has 15 nitrogen and oxygen atoms in total. The fourth-order valence-corrected chi connectivity index (χ4v) is 6.00. The maximum Gasteiger partial charge on any atom is 0.309 e. The number of carbonyl (C=O) groups is 4. The number of nitrogen functional groups attached to an aromatic ring is 1. The van der Waals surface area contributed by atoms with Gasteiger partial charge in [-0.2, -0.15) is 10.5 Å². The first-order valence-electron chi connectivity index (χ1n) is 17.8. The molecule has 4 atom stereocenters. The number of nitrogens with one attached hydrogen (secondary N) is 3. The minimum absolute atomic E-state index is 0.121. The van der Waals surface area contributed by atoms with Crippen LogP contribution in [0, 0.1) is 47.6 Å². The number of halogens is 2. The number of hydrazine groups is 2. The fourth-order valence-electron chi connectivity index (χ4n) is 5.39. The van der Waals surface area contributed by atoms with Crippen molar-refractivity contribution in [2.24, 2.45) is 17.7 Å². The number of nitriles is 2. The van der Waals surface area contributed by atoms with Gasteiger partial charge in [0.25, 0.3) is 11.8 Å². The van der Waals surface area contributed by atoms with Crippen LogP contribution in [0.2, 0.25) is 10.0 Å². The molecule has 0 bridgehead atoms. The summed E-state index contributed by atoms with van der Waals surface area (Å²) >= 11 is 12.3. The second kappa shape index (κ2) is 24.6. The monoisotopic (exact) mass is 862 g/mol. The summed E-state index contributed by atoms with van der Waals surface area (Å²) in [5.74, 6) is 0.511. The number of carboxylic acid groups (broad SMARTS) is 1. The quantitative estimate of drug-likeness (QED) is 0.0343. The number of rotatable bonds is 12. The Bertz CT molecular complexity index is 2430. The lowest BCUT2D eigenvalue weighted by Gasteiger charge is -2.21. The van der Waals surface area contributed by atoms with Gasteiger partial charge in [-0.15, -0.1) is 0 Å². The van der Waals surface area contributed by atoms with E-state index in [0.717, 1.165) is 0 Å². The summed E-state index contributed by atoms with van der Waals surface area (Å²) in [5.41, 5.74) is 11.2. The number of carbonyl (C=O) groups excluding carboxylic acids is 3. The maximum atomic E-state index is 12.6. The number of nitrogens with two attached hydrogens (primary N) is 1. The Morgan fingerprint density at radius 1 is 0.721 bits per heavy atom. The molecule has 0 spiro atoms. The molecule has 0 aliphatic heterocycles. The van der Waals surface area contributed by atoms with Crippen molar-refractivity contribution in [3.63, 3.8) is 0 Å². The Morgan fingerprint density at radius 3 is 1.44 bits per heavy atom. The lowest BCUT2D eigenvalue weighted by molar-refractivity contribution is -0.145. The van der Waals surface area contributed by atoms with Gasteiger partial charge in [-0.3, -0.25) is 35.5 Å². The summed E-state index contributed by atoms with van der Waals surface area (Å²) in [4.78, 5) is 53.4. The number of nitrogens with zero attached hydrogens (tertiary/aromatic N) is 4. The van der Waals surface area contributed by atoms with Crippen LogP contribution in [0.4, 0.5) is 11.4 Å². The van der Waals surface area contributed by atoms with Crippen molar-refractivity contribution in [3.8, 4) is 12.1 Å². The van der Waals surface area contributed by atoms with Crippen LogP contribution in [0.1, 0.15) is 67.9 Å². The molecule has 4 rings (SSSR count). The van der Waals surface area contributed by atoms with E-state index in [0.29, 0.717) is 44.6 Å². The zero-order chi connectivity index (χ0) is 45.8. The van der Waals surface area contributed by atoms with Crippen LogP contribution in [-0.4, -0.2) is 51.2 Å². The second-order valence-electron chi connectivity index (χ2n) is 12.8. The van der Waals surface area contributed by atoms with E-state index in [4.69, 9.17) is 57.8 Å². The second-order valence-corrected chi connectivity index (χ2v) is 13.6.